The van der Waals surface area contributed by atoms with E-state index in [2.05, 4.69) is 16.8 Å². The Hall–Kier alpha value is -2.46. The van der Waals surface area contributed by atoms with Crippen LogP contribution in [0.2, 0.25) is 10.0 Å². The summed E-state index contributed by atoms with van der Waals surface area (Å²) >= 11 is 12.8. The van der Waals surface area contributed by atoms with Gasteiger partial charge in [-0.05, 0) is 94.2 Å². The van der Waals surface area contributed by atoms with Crippen LogP contribution in [0.25, 0.3) is 0 Å². The summed E-state index contributed by atoms with van der Waals surface area (Å²) in [5, 5.41) is 12.2. The number of likely N-dealkylation sites (N-methyl/N-ethyl adjacent to an activating group) is 1. The summed E-state index contributed by atoms with van der Waals surface area (Å²) in [6, 6.07) is 23.6. The normalized spacial score (nSPS) is 21.0. The predicted molar refractivity (Wildman–Crippen MR) is 176 cm³/mol. The highest BCUT2D eigenvalue weighted by Crippen LogP contribution is 2.40. The molecule has 0 aromatic heterocycles. The van der Waals surface area contributed by atoms with Gasteiger partial charge in [-0.15, -0.1) is 0 Å². The lowest BCUT2D eigenvalue weighted by atomic mass is 9.80. The highest BCUT2D eigenvalue weighted by atomic mass is 35.5. The number of carbonyl (C=O) groups excluding carboxylic acids is 1. The molecule has 0 bridgehead atoms. The molecule has 2 saturated heterocycles. The van der Waals surface area contributed by atoms with Gasteiger partial charge in [0, 0.05) is 31.7 Å². The lowest BCUT2D eigenvalue weighted by molar-refractivity contribution is -0.00593. The van der Waals surface area contributed by atoms with Crippen molar-refractivity contribution >= 4 is 38.9 Å². The average Bonchev–Trinajstić information content (AvgIpc) is 3.03. The van der Waals surface area contributed by atoms with Gasteiger partial charge in [-0.1, -0.05) is 65.7 Å². The summed E-state index contributed by atoms with van der Waals surface area (Å²) in [5.41, 5.74) is 0.0750. The molecule has 0 aliphatic carbocycles. The van der Waals surface area contributed by atoms with Gasteiger partial charge in [0.2, 0.25) is 0 Å². The average molecular weight is 659 g/mol. The number of carbonyl (C=O) groups is 1. The van der Waals surface area contributed by atoms with E-state index in [0.29, 0.717) is 54.6 Å². The van der Waals surface area contributed by atoms with Crippen molar-refractivity contribution < 1.29 is 18.3 Å². The molecule has 1 unspecified atom stereocenters. The number of aliphatic hydroxyl groups is 1. The smallest absolute Gasteiger partial charge is 0.253 e. The van der Waals surface area contributed by atoms with E-state index in [-0.39, 0.29) is 16.6 Å². The minimum atomic E-state index is -3.56. The second-order valence-electron chi connectivity index (χ2n) is 12.3. The van der Waals surface area contributed by atoms with Gasteiger partial charge in [-0.25, -0.2) is 8.42 Å². The van der Waals surface area contributed by atoms with Crippen molar-refractivity contribution in [3.05, 3.63) is 100 Å². The summed E-state index contributed by atoms with van der Waals surface area (Å²) in [6.45, 7) is 4.14. The molecule has 0 spiro atoms. The number of rotatable bonds is 10. The van der Waals surface area contributed by atoms with Gasteiger partial charge >= 0.3 is 0 Å². The molecular weight excluding hydrogens is 617 g/mol. The maximum atomic E-state index is 13.5. The first kappa shape index (κ1) is 32.9. The van der Waals surface area contributed by atoms with Crippen LogP contribution in [0.3, 0.4) is 0 Å². The molecule has 3 aromatic carbocycles. The highest BCUT2D eigenvalue weighted by molar-refractivity contribution is 7.91. The van der Waals surface area contributed by atoms with Crippen molar-refractivity contribution in [3.63, 3.8) is 0 Å². The molecule has 2 heterocycles. The van der Waals surface area contributed by atoms with E-state index < -0.39 is 21.0 Å². The van der Waals surface area contributed by atoms with Crippen LogP contribution in [0, 0.1) is 0 Å². The molecule has 1 N–H and O–H groups in total. The molecule has 2 aliphatic heterocycles. The van der Waals surface area contributed by atoms with Crippen LogP contribution in [0.5, 0.6) is 0 Å². The van der Waals surface area contributed by atoms with Crippen molar-refractivity contribution in [2.45, 2.75) is 48.1 Å². The van der Waals surface area contributed by atoms with Crippen molar-refractivity contribution in [2.24, 2.45) is 0 Å². The van der Waals surface area contributed by atoms with Crippen LogP contribution >= 0.6 is 23.2 Å². The largest absolute Gasteiger partial charge is 0.389 e. The van der Waals surface area contributed by atoms with Crippen molar-refractivity contribution in [1.82, 2.24) is 14.7 Å². The molecule has 1 atom stereocenters. The van der Waals surface area contributed by atoms with Crippen LogP contribution < -0.4 is 0 Å². The predicted octanol–water partition coefficient (Wildman–Crippen LogP) is 5.75. The van der Waals surface area contributed by atoms with Gasteiger partial charge < -0.3 is 14.9 Å². The number of hydrogen-bond acceptors (Lipinski definition) is 6. The maximum absolute atomic E-state index is 13.5. The van der Waals surface area contributed by atoms with Crippen LogP contribution in [-0.4, -0.2) is 91.8 Å². The zero-order valence-corrected chi connectivity index (χ0v) is 27.5. The third-order valence-corrected chi connectivity index (χ3v) is 11.9. The van der Waals surface area contributed by atoms with Crippen molar-refractivity contribution in [2.75, 3.05) is 52.1 Å². The fourth-order valence-corrected chi connectivity index (χ4v) is 8.71. The number of halogens is 2. The summed E-state index contributed by atoms with van der Waals surface area (Å²) in [4.78, 5) is 20.4. The molecule has 10 heteroatoms. The van der Waals surface area contributed by atoms with Gasteiger partial charge in [-0.3, -0.25) is 9.69 Å². The van der Waals surface area contributed by atoms with Gasteiger partial charge in [0.15, 0.2) is 9.84 Å². The first-order chi connectivity index (χ1) is 21.0. The zero-order chi connectivity index (χ0) is 31.4. The highest BCUT2D eigenvalue weighted by Gasteiger charge is 2.42. The van der Waals surface area contributed by atoms with Gasteiger partial charge in [-0.2, -0.15) is 0 Å². The standard InChI is InChI=1S/C34H41Cl2N3O4S/c1-37(19-9-20-38-22-17-33(41,18-23-38)26-44(42,43)29-12-6-3-7-13-29)34(28-14-15-30(35)31(36)24-28)16-8-21-39(25-34)32(40)27-10-4-2-5-11-27/h2-7,10-15,24,41H,8-9,16-23,25-26H2,1H3. The van der Waals surface area contributed by atoms with E-state index in [9.17, 15) is 18.3 Å². The SMILES string of the molecule is CN(CCCN1CCC(O)(CS(=O)(=O)c2ccccc2)CC1)C1(c2ccc(Cl)c(Cl)c2)CCCN(C(=O)c2ccccc2)C1. The number of sulfone groups is 1. The van der Waals surface area contributed by atoms with E-state index in [0.717, 1.165) is 37.9 Å². The first-order valence-corrected chi connectivity index (χ1v) is 17.7. The molecule has 7 nitrogen and oxygen atoms in total. The van der Waals surface area contributed by atoms with E-state index in [1.165, 1.54) is 0 Å². The van der Waals surface area contributed by atoms with Crippen LogP contribution in [0.1, 0.15) is 48.0 Å². The summed E-state index contributed by atoms with van der Waals surface area (Å²) in [5.74, 6) is -0.233. The number of piperidine rings is 2. The topological polar surface area (TPSA) is 81.2 Å². The van der Waals surface area contributed by atoms with E-state index in [4.69, 9.17) is 23.2 Å². The maximum Gasteiger partial charge on any atom is 0.253 e. The lowest BCUT2D eigenvalue weighted by Gasteiger charge is -2.49. The number of hydrogen-bond donors (Lipinski definition) is 1. The molecule has 2 aliphatic rings. The molecule has 0 saturated carbocycles. The second kappa shape index (κ2) is 13.9. The van der Waals surface area contributed by atoms with Gasteiger partial charge in [0.1, 0.15) is 0 Å². The Morgan fingerprint density at radius 3 is 2.23 bits per heavy atom. The molecule has 0 radical (unpaired) electrons. The minimum absolute atomic E-state index is 0.0261. The molecule has 5 rings (SSSR count). The molecular formula is C34H41Cl2N3O4S. The minimum Gasteiger partial charge on any atom is -0.389 e. The number of benzene rings is 3. The molecule has 3 aromatic rings. The Kier molecular flexibility index (Phi) is 10.4. The number of likely N-dealkylation sites (tertiary alicyclic amines) is 2. The number of amides is 1. The van der Waals surface area contributed by atoms with Gasteiger partial charge in [0.25, 0.3) is 5.91 Å². The fourth-order valence-electron chi connectivity index (χ4n) is 6.67. The Balaban J connectivity index is 1.23. The third kappa shape index (κ3) is 7.49. The van der Waals surface area contributed by atoms with E-state index in [1.54, 1.807) is 30.3 Å². The molecule has 236 valence electrons. The molecule has 2 fully saturated rings. The molecule has 1 amide bonds. The van der Waals surface area contributed by atoms with E-state index >= 15 is 0 Å². The van der Waals surface area contributed by atoms with Crippen molar-refractivity contribution in [1.29, 1.82) is 0 Å². The zero-order valence-electron chi connectivity index (χ0n) is 25.2. The summed E-state index contributed by atoms with van der Waals surface area (Å²) in [7, 11) is -1.45. The summed E-state index contributed by atoms with van der Waals surface area (Å²) < 4.78 is 25.8. The Morgan fingerprint density at radius 2 is 1.57 bits per heavy atom. The van der Waals surface area contributed by atoms with Crippen LogP contribution in [-0.2, 0) is 15.4 Å². The Bertz CT molecular complexity index is 1530. The second-order valence-corrected chi connectivity index (χ2v) is 15.1. The van der Waals surface area contributed by atoms with E-state index in [1.807, 2.05) is 53.4 Å². The third-order valence-electron chi connectivity index (χ3n) is 9.28. The first-order valence-electron chi connectivity index (χ1n) is 15.3. The lowest BCUT2D eigenvalue weighted by Crippen LogP contribution is -2.57. The molecule has 44 heavy (non-hydrogen) atoms. The monoisotopic (exact) mass is 657 g/mol. The quantitative estimate of drug-likeness (QED) is 0.299. The van der Waals surface area contributed by atoms with Gasteiger partial charge in [0.05, 0.1) is 31.8 Å². The van der Waals surface area contributed by atoms with Crippen LogP contribution in [0.15, 0.2) is 83.8 Å². The van der Waals surface area contributed by atoms with Crippen LogP contribution in [0.4, 0.5) is 0 Å². The van der Waals surface area contributed by atoms with Crippen molar-refractivity contribution in [3.8, 4) is 0 Å². The summed E-state index contributed by atoms with van der Waals surface area (Å²) in [6.07, 6.45) is 3.46. The Labute approximate surface area is 271 Å². The number of nitrogens with zero attached hydrogens (tertiary/aromatic N) is 3. The Morgan fingerprint density at radius 1 is 0.909 bits per heavy atom. The fraction of sp³-hybridized carbons (Fsp3) is 0.441.